The van der Waals surface area contributed by atoms with Crippen LogP contribution in [0, 0.1) is 0 Å². The molecular formula is C16H16ClN3O3. The summed E-state index contributed by atoms with van der Waals surface area (Å²) < 4.78 is 0. The van der Waals surface area contributed by atoms with Gasteiger partial charge in [-0.05, 0) is 29.8 Å². The summed E-state index contributed by atoms with van der Waals surface area (Å²) in [5.41, 5.74) is 1.23. The second kappa shape index (κ2) is 8.26. The van der Waals surface area contributed by atoms with Gasteiger partial charge in [-0.2, -0.15) is 0 Å². The van der Waals surface area contributed by atoms with Crippen LogP contribution in [0.1, 0.15) is 15.9 Å². The molecule has 6 nitrogen and oxygen atoms in total. The fraction of sp³-hybridized carbons (Fsp3) is 0.188. The molecule has 0 saturated heterocycles. The Morgan fingerprint density at radius 3 is 2.39 bits per heavy atom. The second-order valence-corrected chi connectivity index (χ2v) is 5.23. The SMILES string of the molecule is O=C(NC(CO)C(=O)NCc1ccc(Cl)cc1)c1ccncc1. The van der Waals surface area contributed by atoms with Crippen LogP contribution in [0.25, 0.3) is 0 Å². The van der Waals surface area contributed by atoms with Crippen LogP contribution in [0.4, 0.5) is 0 Å². The van der Waals surface area contributed by atoms with Gasteiger partial charge in [0, 0.05) is 29.5 Å². The minimum Gasteiger partial charge on any atom is -0.394 e. The van der Waals surface area contributed by atoms with Crippen molar-refractivity contribution in [3.05, 3.63) is 64.9 Å². The molecular weight excluding hydrogens is 318 g/mol. The Hall–Kier alpha value is -2.44. The van der Waals surface area contributed by atoms with Gasteiger partial charge in [0.1, 0.15) is 6.04 Å². The number of benzene rings is 1. The van der Waals surface area contributed by atoms with Crippen molar-refractivity contribution < 1.29 is 14.7 Å². The highest BCUT2D eigenvalue weighted by molar-refractivity contribution is 6.30. The molecule has 0 spiro atoms. The number of hydrogen-bond acceptors (Lipinski definition) is 4. The molecule has 0 fully saturated rings. The van der Waals surface area contributed by atoms with Gasteiger partial charge in [0.2, 0.25) is 5.91 Å². The monoisotopic (exact) mass is 333 g/mol. The summed E-state index contributed by atoms with van der Waals surface area (Å²) in [7, 11) is 0. The largest absolute Gasteiger partial charge is 0.394 e. The third kappa shape index (κ3) is 5.05. The van der Waals surface area contributed by atoms with Crippen LogP contribution >= 0.6 is 11.6 Å². The number of carbonyl (C=O) groups is 2. The molecule has 2 rings (SSSR count). The minimum atomic E-state index is -1.03. The molecule has 2 amide bonds. The molecule has 0 saturated carbocycles. The summed E-state index contributed by atoms with van der Waals surface area (Å²) in [5.74, 6) is -0.919. The molecule has 0 bridgehead atoms. The van der Waals surface area contributed by atoms with Crippen molar-refractivity contribution in [2.75, 3.05) is 6.61 Å². The number of amides is 2. The highest BCUT2D eigenvalue weighted by atomic mass is 35.5. The van der Waals surface area contributed by atoms with E-state index in [0.717, 1.165) is 5.56 Å². The summed E-state index contributed by atoms with van der Waals surface area (Å²) in [6.45, 7) is -0.221. The number of rotatable bonds is 6. The number of aromatic nitrogens is 1. The third-order valence-electron chi connectivity index (χ3n) is 3.13. The number of halogens is 1. The smallest absolute Gasteiger partial charge is 0.252 e. The van der Waals surface area contributed by atoms with E-state index >= 15 is 0 Å². The van der Waals surface area contributed by atoms with Crippen LogP contribution < -0.4 is 10.6 Å². The Labute approximate surface area is 138 Å². The Morgan fingerprint density at radius 2 is 1.78 bits per heavy atom. The van der Waals surface area contributed by atoms with Crippen molar-refractivity contribution in [1.29, 1.82) is 0 Å². The van der Waals surface area contributed by atoms with Crippen molar-refractivity contribution in [3.8, 4) is 0 Å². The van der Waals surface area contributed by atoms with Crippen LogP contribution in [0.5, 0.6) is 0 Å². The second-order valence-electron chi connectivity index (χ2n) is 4.79. The molecule has 1 aromatic carbocycles. The lowest BCUT2D eigenvalue weighted by atomic mass is 10.2. The summed E-state index contributed by atoms with van der Waals surface area (Å²) in [6, 6.07) is 9.03. The molecule has 0 aliphatic rings. The Bertz CT molecular complexity index is 662. The van der Waals surface area contributed by atoms with Crippen molar-refractivity contribution in [2.45, 2.75) is 12.6 Å². The van der Waals surface area contributed by atoms with Crippen LogP contribution in [0.2, 0.25) is 5.02 Å². The van der Waals surface area contributed by atoms with Crippen LogP contribution in [-0.2, 0) is 11.3 Å². The van der Waals surface area contributed by atoms with E-state index < -0.39 is 24.5 Å². The van der Waals surface area contributed by atoms with Gasteiger partial charge in [0.15, 0.2) is 0 Å². The lowest BCUT2D eigenvalue weighted by molar-refractivity contribution is -0.124. The molecule has 1 atom stereocenters. The van der Waals surface area contributed by atoms with E-state index in [9.17, 15) is 14.7 Å². The number of hydrogen-bond donors (Lipinski definition) is 3. The normalized spacial score (nSPS) is 11.6. The Balaban J connectivity index is 1.90. The van der Waals surface area contributed by atoms with Crippen LogP contribution in [-0.4, -0.2) is 34.6 Å². The van der Waals surface area contributed by atoms with Crippen LogP contribution in [0.3, 0.4) is 0 Å². The zero-order chi connectivity index (χ0) is 16.7. The molecule has 7 heteroatoms. The molecule has 1 heterocycles. The van der Waals surface area contributed by atoms with Gasteiger partial charge in [-0.25, -0.2) is 0 Å². The predicted octanol–water partition coefficient (Wildman–Crippen LogP) is 1.14. The van der Waals surface area contributed by atoms with Gasteiger partial charge in [-0.15, -0.1) is 0 Å². The number of nitrogens with one attached hydrogen (secondary N) is 2. The van der Waals surface area contributed by atoms with E-state index in [1.807, 2.05) is 0 Å². The topological polar surface area (TPSA) is 91.3 Å². The Kier molecular flexibility index (Phi) is 6.08. The first-order valence-corrected chi connectivity index (χ1v) is 7.32. The first-order chi connectivity index (χ1) is 11.1. The van der Waals surface area contributed by atoms with Crippen molar-refractivity contribution in [1.82, 2.24) is 15.6 Å². The molecule has 23 heavy (non-hydrogen) atoms. The van der Waals surface area contributed by atoms with E-state index in [1.54, 1.807) is 24.3 Å². The number of carbonyl (C=O) groups excluding carboxylic acids is 2. The van der Waals surface area contributed by atoms with Gasteiger partial charge in [-0.1, -0.05) is 23.7 Å². The minimum absolute atomic E-state index is 0.275. The van der Waals surface area contributed by atoms with Gasteiger partial charge >= 0.3 is 0 Å². The highest BCUT2D eigenvalue weighted by Gasteiger charge is 2.20. The van der Waals surface area contributed by atoms with Crippen molar-refractivity contribution in [3.63, 3.8) is 0 Å². The molecule has 1 aromatic heterocycles. The maximum absolute atomic E-state index is 12.1. The molecule has 0 aliphatic carbocycles. The Morgan fingerprint density at radius 1 is 1.13 bits per heavy atom. The van der Waals surface area contributed by atoms with Crippen molar-refractivity contribution >= 4 is 23.4 Å². The van der Waals surface area contributed by atoms with E-state index in [2.05, 4.69) is 15.6 Å². The van der Waals surface area contributed by atoms with E-state index in [4.69, 9.17) is 11.6 Å². The van der Waals surface area contributed by atoms with Gasteiger partial charge in [0.25, 0.3) is 5.91 Å². The average Bonchev–Trinajstić information content (AvgIpc) is 2.59. The van der Waals surface area contributed by atoms with E-state index in [0.29, 0.717) is 10.6 Å². The fourth-order valence-electron chi connectivity index (χ4n) is 1.85. The summed E-state index contributed by atoms with van der Waals surface area (Å²) in [6.07, 6.45) is 2.95. The van der Waals surface area contributed by atoms with E-state index in [1.165, 1.54) is 24.5 Å². The number of pyridine rings is 1. The predicted molar refractivity (Wildman–Crippen MR) is 85.9 cm³/mol. The number of nitrogens with zero attached hydrogens (tertiary/aromatic N) is 1. The molecule has 3 N–H and O–H groups in total. The summed E-state index contributed by atoms with van der Waals surface area (Å²) in [4.78, 5) is 27.9. The summed E-state index contributed by atoms with van der Waals surface area (Å²) >= 11 is 5.79. The third-order valence-corrected chi connectivity index (χ3v) is 3.38. The average molecular weight is 334 g/mol. The number of aliphatic hydroxyl groups is 1. The van der Waals surface area contributed by atoms with E-state index in [-0.39, 0.29) is 6.54 Å². The van der Waals surface area contributed by atoms with Crippen LogP contribution in [0.15, 0.2) is 48.8 Å². The zero-order valence-electron chi connectivity index (χ0n) is 12.2. The van der Waals surface area contributed by atoms with Gasteiger partial charge in [0.05, 0.1) is 6.61 Å². The lowest BCUT2D eigenvalue weighted by Gasteiger charge is -2.16. The van der Waals surface area contributed by atoms with Gasteiger partial charge in [-0.3, -0.25) is 14.6 Å². The first kappa shape index (κ1) is 16.9. The molecule has 0 radical (unpaired) electrons. The van der Waals surface area contributed by atoms with Gasteiger partial charge < -0.3 is 15.7 Å². The maximum atomic E-state index is 12.1. The summed E-state index contributed by atoms with van der Waals surface area (Å²) in [5, 5.41) is 15.1. The quantitative estimate of drug-likeness (QED) is 0.739. The molecule has 1 unspecified atom stereocenters. The lowest BCUT2D eigenvalue weighted by Crippen LogP contribution is -2.48. The first-order valence-electron chi connectivity index (χ1n) is 6.94. The molecule has 120 valence electrons. The molecule has 0 aliphatic heterocycles. The highest BCUT2D eigenvalue weighted by Crippen LogP contribution is 2.09. The molecule has 2 aromatic rings. The standard InChI is InChI=1S/C16H16ClN3O3/c17-13-3-1-11(2-4-13)9-19-16(23)14(10-21)20-15(22)12-5-7-18-8-6-12/h1-8,14,21H,9-10H2,(H,19,23)(H,20,22). The fourth-order valence-corrected chi connectivity index (χ4v) is 1.98. The zero-order valence-corrected chi connectivity index (χ0v) is 13.0. The van der Waals surface area contributed by atoms with Crippen molar-refractivity contribution in [2.24, 2.45) is 0 Å². The number of aliphatic hydroxyl groups excluding tert-OH is 1. The maximum Gasteiger partial charge on any atom is 0.252 e.